The molecular formula is C16H16ClN3O2S. The monoisotopic (exact) mass is 349 g/mol. The quantitative estimate of drug-likeness (QED) is 0.636. The molecule has 0 bridgehead atoms. The average molecular weight is 350 g/mol. The first-order chi connectivity index (χ1) is 10.9. The number of amides is 1. The van der Waals surface area contributed by atoms with Crippen LogP contribution < -0.4 is 16.4 Å². The van der Waals surface area contributed by atoms with Crippen LogP contribution in [0.15, 0.2) is 42.5 Å². The van der Waals surface area contributed by atoms with Crippen LogP contribution in [-0.4, -0.2) is 16.1 Å². The Labute approximate surface area is 144 Å². The van der Waals surface area contributed by atoms with Gasteiger partial charge in [0.25, 0.3) is 0 Å². The molecule has 0 aliphatic carbocycles. The number of carbonyl (C=O) groups excluding carboxylic acids is 1. The molecule has 7 heteroatoms. The molecule has 0 saturated carbocycles. The summed E-state index contributed by atoms with van der Waals surface area (Å²) < 4.78 is 0. The van der Waals surface area contributed by atoms with E-state index >= 15 is 0 Å². The second-order valence-corrected chi connectivity index (χ2v) is 5.75. The summed E-state index contributed by atoms with van der Waals surface area (Å²) >= 11 is 11.3. The van der Waals surface area contributed by atoms with Gasteiger partial charge >= 0.3 is 0 Å². The van der Waals surface area contributed by atoms with Crippen LogP contribution in [0.5, 0.6) is 0 Å². The van der Waals surface area contributed by atoms with Crippen molar-refractivity contribution < 1.29 is 9.90 Å². The highest BCUT2D eigenvalue weighted by Crippen LogP contribution is 2.26. The molecule has 5 N–H and O–H groups in total. The summed E-state index contributed by atoms with van der Waals surface area (Å²) in [6, 6.07) is 11.8. The summed E-state index contributed by atoms with van der Waals surface area (Å²) in [6.07, 6.45) is -0.634. The number of rotatable bonds is 4. The molecule has 23 heavy (non-hydrogen) atoms. The molecule has 0 saturated heterocycles. The number of benzene rings is 2. The number of thiocarbonyl (C=S) groups is 1. The second-order valence-electron chi connectivity index (χ2n) is 4.93. The molecule has 0 aromatic heterocycles. The molecule has 2 aromatic carbocycles. The van der Waals surface area contributed by atoms with Crippen LogP contribution in [0, 0.1) is 0 Å². The first-order valence-corrected chi connectivity index (χ1v) is 7.61. The lowest BCUT2D eigenvalue weighted by atomic mass is 10.1. The van der Waals surface area contributed by atoms with E-state index in [0.29, 0.717) is 26.9 Å². The second kappa shape index (κ2) is 7.41. The molecule has 0 fully saturated rings. The Kier molecular flexibility index (Phi) is 5.54. The van der Waals surface area contributed by atoms with E-state index in [9.17, 15) is 9.90 Å². The van der Waals surface area contributed by atoms with Crippen LogP contribution in [0.4, 0.5) is 11.4 Å². The third kappa shape index (κ3) is 4.66. The molecule has 120 valence electrons. The maximum absolute atomic E-state index is 11.0. The average Bonchev–Trinajstić information content (AvgIpc) is 2.47. The number of anilines is 2. The lowest BCUT2D eigenvalue weighted by Gasteiger charge is -2.13. The zero-order valence-electron chi connectivity index (χ0n) is 12.3. The topological polar surface area (TPSA) is 87.4 Å². The van der Waals surface area contributed by atoms with Gasteiger partial charge in [-0.1, -0.05) is 17.7 Å². The van der Waals surface area contributed by atoms with Gasteiger partial charge < -0.3 is 21.5 Å². The molecule has 0 spiro atoms. The zero-order valence-corrected chi connectivity index (χ0v) is 13.9. The molecule has 0 aliphatic heterocycles. The van der Waals surface area contributed by atoms with Crippen molar-refractivity contribution in [2.45, 2.75) is 13.0 Å². The van der Waals surface area contributed by atoms with Crippen LogP contribution in [0.3, 0.4) is 0 Å². The number of nitrogens with two attached hydrogens (primary N) is 1. The third-order valence-corrected chi connectivity index (χ3v) is 3.67. The first-order valence-electron chi connectivity index (χ1n) is 6.82. The van der Waals surface area contributed by atoms with Gasteiger partial charge in [0.1, 0.15) is 0 Å². The number of aliphatic hydroxyl groups is 1. The predicted octanol–water partition coefficient (Wildman–Crippen LogP) is 3.30. The molecule has 1 atom stereocenters. The number of nitrogens with one attached hydrogen (secondary N) is 2. The van der Waals surface area contributed by atoms with Gasteiger partial charge in [-0.05, 0) is 61.1 Å². The van der Waals surface area contributed by atoms with Crippen LogP contribution >= 0.6 is 23.8 Å². The van der Waals surface area contributed by atoms with Crippen molar-refractivity contribution in [1.82, 2.24) is 0 Å². The number of hydrogen-bond acceptors (Lipinski definition) is 3. The summed E-state index contributed by atoms with van der Waals surface area (Å²) in [5.41, 5.74) is 7.69. The standard InChI is InChI=1S/C16H16ClN3O2S/c1-9(21)13-7-6-12(8-14(13)17)20-16(23)19-11-4-2-10(3-5-11)15(18)22/h2-9,21H,1H3,(H2,18,22)(H2,19,20,23). The summed E-state index contributed by atoms with van der Waals surface area (Å²) in [5, 5.41) is 16.4. The van der Waals surface area contributed by atoms with Gasteiger partial charge in [-0.2, -0.15) is 0 Å². The Balaban J connectivity index is 2.02. The van der Waals surface area contributed by atoms with E-state index in [2.05, 4.69) is 10.6 Å². The van der Waals surface area contributed by atoms with Crippen molar-refractivity contribution in [3.8, 4) is 0 Å². The van der Waals surface area contributed by atoms with Gasteiger partial charge in [-0.25, -0.2) is 0 Å². The summed E-state index contributed by atoms with van der Waals surface area (Å²) in [4.78, 5) is 11.0. The van der Waals surface area contributed by atoms with E-state index in [4.69, 9.17) is 29.6 Å². The highest BCUT2D eigenvalue weighted by atomic mass is 35.5. The van der Waals surface area contributed by atoms with Crippen molar-refractivity contribution in [3.63, 3.8) is 0 Å². The highest BCUT2D eigenvalue weighted by molar-refractivity contribution is 7.80. The highest BCUT2D eigenvalue weighted by Gasteiger charge is 2.08. The minimum Gasteiger partial charge on any atom is -0.389 e. The van der Waals surface area contributed by atoms with Gasteiger partial charge in [-0.3, -0.25) is 4.79 Å². The van der Waals surface area contributed by atoms with Crippen LogP contribution in [-0.2, 0) is 0 Å². The van der Waals surface area contributed by atoms with Crippen molar-refractivity contribution in [2.24, 2.45) is 5.73 Å². The molecule has 1 amide bonds. The van der Waals surface area contributed by atoms with E-state index in [-0.39, 0.29) is 0 Å². The molecule has 2 aromatic rings. The zero-order chi connectivity index (χ0) is 17.0. The minimum atomic E-state index is -0.634. The smallest absolute Gasteiger partial charge is 0.248 e. The number of hydrogen-bond donors (Lipinski definition) is 4. The fourth-order valence-electron chi connectivity index (χ4n) is 1.95. The number of aliphatic hydroxyl groups excluding tert-OH is 1. The normalized spacial score (nSPS) is 11.6. The van der Waals surface area contributed by atoms with Crippen LogP contribution in [0.25, 0.3) is 0 Å². The van der Waals surface area contributed by atoms with E-state index in [1.807, 2.05) is 0 Å². The van der Waals surface area contributed by atoms with Gasteiger partial charge in [0.05, 0.1) is 6.10 Å². The number of halogens is 1. The van der Waals surface area contributed by atoms with E-state index in [1.165, 1.54) is 0 Å². The fourth-order valence-corrected chi connectivity index (χ4v) is 2.53. The molecule has 0 aliphatic rings. The lowest BCUT2D eigenvalue weighted by molar-refractivity contribution is 0.100. The third-order valence-electron chi connectivity index (χ3n) is 3.14. The van der Waals surface area contributed by atoms with Crippen molar-refractivity contribution in [3.05, 3.63) is 58.6 Å². The summed E-state index contributed by atoms with van der Waals surface area (Å²) in [5.74, 6) is -0.481. The maximum atomic E-state index is 11.0. The summed E-state index contributed by atoms with van der Waals surface area (Å²) in [7, 11) is 0. The Hall–Kier alpha value is -2.15. The predicted molar refractivity (Wildman–Crippen MR) is 96.9 cm³/mol. The molecule has 1 unspecified atom stereocenters. The lowest BCUT2D eigenvalue weighted by Crippen LogP contribution is -2.19. The van der Waals surface area contributed by atoms with Gasteiger partial charge in [-0.15, -0.1) is 0 Å². The maximum Gasteiger partial charge on any atom is 0.248 e. The largest absolute Gasteiger partial charge is 0.389 e. The van der Waals surface area contributed by atoms with Crippen molar-refractivity contribution in [2.75, 3.05) is 10.6 Å². The Morgan fingerprint density at radius 2 is 1.74 bits per heavy atom. The number of carbonyl (C=O) groups is 1. The molecule has 0 radical (unpaired) electrons. The van der Waals surface area contributed by atoms with E-state index in [0.717, 1.165) is 5.69 Å². The molecular weight excluding hydrogens is 334 g/mol. The molecule has 5 nitrogen and oxygen atoms in total. The minimum absolute atomic E-state index is 0.373. The van der Waals surface area contributed by atoms with Gasteiger partial charge in [0.2, 0.25) is 5.91 Å². The Bertz CT molecular complexity index is 733. The van der Waals surface area contributed by atoms with Crippen LogP contribution in [0.1, 0.15) is 28.9 Å². The van der Waals surface area contributed by atoms with Crippen molar-refractivity contribution in [1.29, 1.82) is 0 Å². The van der Waals surface area contributed by atoms with Crippen molar-refractivity contribution >= 4 is 46.2 Å². The first kappa shape index (κ1) is 17.2. The van der Waals surface area contributed by atoms with E-state index < -0.39 is 12.0 Å². The fraction of sp³-hybridized carbons (Fsp3) is 0.125. The van der Waals surface area contributed by atoms with Gasteiger partial charge in [0, 0.05) is 22.0 Å². The van der Waals surface area contributed by atoms with E-state index in [1.54, 1.807) is 49.4 Å². The Morgan fingerprint density at radius 1 is 1.17 bits per heavy atom. The Morgan fingerprint density at radius 3 is 2.26 bits per heavy atom. The molecule has 2 rings (SSSR count). The van der Waals surface area contributed by atoms with Crippen LogP contribution in [0.2, 0.25) is 5.02 Å². The number of primary amides is 1. The SMILES string of the molecule is CC(O)c1ccc(NC(=S)Nc2ccc(C(N)=O)cc2)cc1Cl. The van der Waals surface area contributed by atoms with Gasteiger partial charge in [0.15, 0.2) is 5.11 Å². The molecule has 0 heterocycles. The summed E-state index contributed by atoms with van der Waals surface area (Å²) in [6.45, 7) is 1.65.